The third kappa shape index (κ3) is 4.74. The lowest BCUT2D eigenvalue weighted by atomic mass is 10.1. The number of hydrogen-bond acceptors (Lipinski definition) is 7. The van der Waals surface area contributed by atoms with Crippen LogP contribution in [-0.2, 0) is 5.75 Å². The van der Waals surface area contributed by atoms with Crippen LogP contribution in [0.25, 0.3) is 0 Å². The zero-order valence-corrected chi connectivity index (χ0v) is 15.8. The van der Waals surface area contributed by atoms with Crippen LogP contribution < -0.4 is 15.8 Å². The Morgan fingerprint density at radius 1 is 1.19 bits per heavy atom. The van der Waals surface area contributed by atoms with E-state index in [1.54, 1.807) is 23.9 Å². The molecule has 0 unspecified atom stereocenters. The van der Waals surface area contributed by atoms with Crippen molar-refractivity contribution in [2.75, 3.05) is 11.9 Å². The number of hydrogen-bond donors (Lipinski definition) is 2. The van der Waals surface area contributed by atoms with E-state index in [-0.39, 0.29) is 0 Å². The number of nitrogens with one attached hydrogen (secondary N) is 1. The number of thioether (sulfide) groups is 1. The summed E-state index contributed by atoms with van der Waals surface area (Å²) in [5, 5.41) is 12.3. The summed E-state index contributed by atoms with van der Waals surface area (Å²) in [6.07, 6.45) is 0. The lowest BCUT2D eigenvalue weighted by Crippen LogP contribution is -2.10. The first kappa shape index (κ1) is 18.2. The number of anilines is 2. The van der Waals surface area contributed by atoms with Crippen LogP contribution in [0.2, 0.25) is 0 Å². The Morgan fingerprint density at radius 2 is 1.96 bits per heavy atom. The normalized spacial score (nSPS) is 10.5. The maximum atomic E-state index is 11.1. The van der Waals surface area contributed by atoms with Gasteiger partial charge in [-0.25, -0.2) is 0 Å². The molecule has 0 atom stereocenters. The van der Waals surface area contributed by atoms with Crippen molar-refractivity contribution >= 4 is 39.8 Å². The van der Waals surface area contributed by atoms with E-state index in [2.05, 4.69) is 15.5 Å². The molecule has 1 aromatic heterocycles. The van der Waals surface area contributed by atoms with Crippen molar-refractivity contribution in [1.82, 2.24) is 10.2 Å². The third-order valence-corrected chi connectivity index (χ3v) is 5.48. The number of nitrogens with zero attached hydrogens (tertiary/aromatic N) is 2. The molecule has 3 N–H and O–H groups in total. The molecule has 0 saturated heterocycles. The minimum atomic E-state index is -0.420. The van der Waals surface area contributed by atoms with Gasteiger partial charge in [-0.15, -0.1) is 10.2 Å². The molecule has 1 heterocycles. The molecule has 0 aliphatic heterocycles. The summed E-state index contributed by atoms with van der Waals surface area (Å²) in [5.41, 5.74) is 7.71. The number of ether oxygens (including phenoxy) is 1. The first-order chi connectivity index (χ1) is 12.7. The number of primary amides is 1. The monoisotopic (exact) mass is 386 g/mol. The molecular formula is C18H18N4O2S2. The fraction of sp³-hybridized carbons (Fsp3) is 0.167. The number of aromatic nitrogens is 2. The molecule has 0 aliphatic carbocycles. The van der Waals surface area contributed by atoms with E-state index in [9.17, 15) is 4.79 Å². The fourth-order valence-electron chi connectivity index (χ4n) is 2.20. The Hall–Kier alpha value is -2.58. The van der Waals surface area contributed by atoms with Crippen molar-refractivity contribution in [3.8, 4) is 5.75 Å². The molecule has 1 amide bonds. The molecule has 0 fully saturated rings. The molecule has 0 radical (unpaired) electrons. The highest BCUT2D eigenvalue weighted by molar-refractivity contribution is 8.00. The van der Waals surface area contributed by atoms with Crippen molar-refractivity contribution in [2.24, 2.45) is 5.73 Å². The standard InChI is InChI=1S/C18H18N4O2S2/c1-2-24-15-6-4-3-5-14(15)20-17-21-22-18(26-17)25-11-12-7-9-13(10-8-12)16(19)23/h3-10H,2,11H2,1H3,(H2,19,23)(H,20,21). The number of carbonyl (C=O) groups is 1. The average molecular weight is 387 g/mol. The Balaban J connectivity index is 1.60. The summed E-state index contributed by atoms with van der Waals surface area (Å²) < 4.78 is 6.47. The lowest BCUT2D eigenvalue weighted by Gasteiger charge is -2.09. The predicted molar refractivity (Wildman–Crippen MR) is 105 cm³/mol. The highest BCUT2D eigenvalue weighted by Crippen LogP contribution is 2.32. The van der Waals surface area contributed by atoms with Gasteiger partial charge in [0.1, 0.15) is 5.75 Å². The van der Waals surface area contributed by atoms with Gasteiger partial charge in [0, 0.05) is 11.3 Å². The van der Waals surface area contributed by atoms with Crippen LogP contribution in [0.3, 0.4) is 0 Å². The van der Waals surface area contributed by atoms with Gasteiger partial charge in [-0.1, -0.05) is 47.4 Å². The topological polar surface area (TPSA) is 90.1 Å². The number of amides is 1. The maximum Gasteiger partial charge on any atom is 0.248 e. The second-order valence-corrected chi connectivity index (χ2v) is 7.48. The second kappa shape index (κ2) is 8.68. The van der Waals surface area contributed by atoms with Crippen LogP contribution >= 0.6 is 23.1 Å². The third-order valence-electron chi connectivity index (χ3n) is 3.44. The smallest absolute Gasteiger partial charge is 0.248 e. The molecule has 0 aliphatic rings. The summed E-state index contributed by atoms with van der Waals surface area (Å²) in [7, 11) is 0. The van der Waals surface area contributed by atoms with Gasteiger partial charge < -0.3 is 15.8 Å². The molecular weight excluding hydrogens is 368 g/mol. The molecule has 3 rings (SSSR count). The van der Waals surface area contributed by atoms with Gasteiger partial charge in [-0.05, 0) is 36.8 Å². The summed E-state index contributed by atoms with van der Waals surface area (Å²) in [6, 6.07) is 15.0. The van der Waals surface area contributed by atoms with Crippen LogP contribution in [0.4, 0.5) is 10.8 Å². The predicted octanol–water partition coefficient (Wildman–Crippen LogP) is 4.07. The molecule has 3 aromatic rings. The lowest BCUT2D eigenvalue weighted by molar-refractivity contribution is 0.100. The summed E-state index contributed by atoms with van der Waals surface area (Å²) in [4.78, 5) is 11.1. The average Bonchev–Trinajstić information content (AvgIpc) is 3.10. The second-order valence-electron chi connectivity index (χ2n) is 5.28. The number of nitrogens with two attached hydrogens (primary N) is 1. The highest BCUT2D eigenvalue weighted by Gasteiger charge is 2.09. The Kier molecular flexibility index (Phi) is 6.08. The number of carbonyl (C=O) groups excluding carboxylic acids is 1. The fourth-order valence-corrected chi connectivity index (χ4v) is 3.92. The van der Waals surface area contributed by atoms with Crippen molar-refractivity contribution in [3.05, 3.63) is 59.7 Å². The molecule has 0 spiro atoms. The highest BCUT2D eigenvalue weighted by atomic mass is 32.2. The van der Waals surface area contributed by atoms with Gasteiger partial charge in [0.15, 0.2) is 4.34 Å². The van der Waals surface area contributed by atoms with E-state index in [0.717, 1.165) is 27.1 Å². The van der Waals surface area contributed by atoms with Crippen molar-refractivity contribution in [3.63, 3.8) is 0 Å². The zero-order chi connectivity index (χ0) is 18.4. The van der Waals surface area contributed by atoms with Gasteiger partial charge in [0.05, 0.1) is 12.3 Å². The van der Waals surface area contributed by atoms with Gasteiger partial charge in [-0.2, -0.15) is 0 Å². The van der Waals surface area contributed by atoms with Crippen LogP contribution in [0.1, 0.15) is 22.8 Å². The van der Waals surface area contributed by atoms with Crippen LogP contribution in [0.5, 0.6) is 5.75 Å². The van der Waals surface area contributed by atoms with Crippen molar-refractivity contribution in [1.29, 1.82) is 0 Å². The van der Waals surface area contributed by atoms with E-state index >= 15 is 0 Å². The quantitative estimate of drug-likeness (QED) is 0.567. The summed E-state index contributed by atoms with van der Waals surface area (Å²) in [5.74, 6) is 1.11. The van der Waals surface area contributed by atoms with E-state index in [0.29, 0.717) is 17.3 Å². The number of rotatable bonds is 8. The molecule has 0 bridgehead atoms. The first-order valence-corrected chi connectivity index (χ1v) is 9.80. The molecule has 134 valence electrons. The van der Waals surface area contributed by atoms with Crippen LogP contribution in [0, 0.1) is 0 Å². The Labute approximate surface area is 159 Å². The van der Waals surface area contributed by atoms with E-state index in [1.807, 2.05) is 43.3 Å². The van der Waals surface area contributed by atoms with Crippen molar-refractivity contribution < 1.29 is 9.53 Å². The molecule has 2 aromatic carbocycles. The van der Waals surface area contributed by atoms with Gasteiger partial charge >= 0.3 is 0 Å². The van der Waals surface area contributed by atoms with E-state index < -0.39 is 5.91 Å². The summed E-state index contributed by atoms with van der Waals surface area (Å²) >= 11 is 3.07. The van der Waals surface area contributed by atoms with Crippen LogP contribution in [-0.4, -0.2) is 22.7 Å². The zero-order valence-electron chi connectivity index (χ0n) is 14.1. The minimum Gasteiger partial charge on any atom is -0.492 e. The van der Waals surface area contributed by atoms with Gasteiger partial charge in [0.25, 0.3) is 0 Å². The van der Waals surface area contributed by atoms with E-state index in [4.69, 9.17) is 10.5 Å². The summed E-state index contributed by atoms with van der Waals surface area (Å²) in [6.45, 7) is 2.55. The largest absolute Gasteiger partial charge is 0.492 e. The Bertz CT molecular complexity index is 881. The first-order valence-electron chi connectivity index (χ1n) is 7.99. The minimum absolute atomic E-state index is 0.420. The van der Waals surface area contributed by atoms with Crippen LogP contribution in [0.15, 0.2) is 52.9 Å². The van der Waals surface area contributed by atoms with E-state index in [1.165, 1.54) is 11.3 Å². The SMILES string of the molecule is CCOc1ccccc1Nc1nnc(SCc2ccc(C(N)=O)cc2)s1. The maximum absolute atomic E-state index is 11.1. The van der Waals surface area contributed by atoms with Crippen molar-refractivity contribution in [2.45, 2.75) is 17.0 Å². The van der Waals surface area contributed by atoms with Gasteiger partial charge in [0.2, 0.25) is 11.0 Å². The Morgan fingerprint density at radius 3 is 2.69 bits per heavy atom. The molecule has 6 nitrogen and oxygen atoms in total. The number of para-hydroxylation sites is 2. The molecule has 26 heavy (non-hydrogen) atoms. The molecule has 0 saturated carbocycles. The van der Waals surface area contributed by atoms with Gasteiger partial charge in [-0.3, -0.25) is 4.79 Å². The number of benzene rings is 2. The molecule has 8 heteroatoms.